The average molecular weight is 294 g/mol. The molecule has 2 N–H and O–H groups in total. The Kier molecular flexibility index (Phi) is 3.96. The number of nitrogens with one attached hydrogen (secondary N) is 2. The van der Waals surface area contributed by atoms with Crippen LogP contribution in [0.15, 0.2) is 41.3 Å². The van der Waals surface area contributed by atoms with Crippen molar-refractivity contribution < 1.29 is 13.2 Å². The Morgan fingerprint density at radius 3 is 2.35 bits per heavy atom. The Morgan fingerprint density at radius 2 is 1.90 bits per heavy atom. The molecule has 0 bridgehead atoms. The highest BCUT2D eigenvalue weighted by Gasteiger charge is 2.35. The zero-order chi connectivity index (χ0) is 14.9. The number of benzene rings is 1. The lowest BCUT2D eigenvalue weighted by molar-refractivity contribution is -0.122. The lowest BCUT2D eigenvalue weighted by atomic mass is 10.1. The molecule has 2 atom stereocenters. The van der Waals surface area contributed by atoms with Crippen LogP contribution in [0, 0.1) is 5.92 Å². The fourth-order valence-electron chi connectivity index (χ4n) is 1.93. The number of amides is 1. The number of sulfonamides is 1. The summed E-state index contributed by atoms with van der Waals surface area (Å²) in [5.41, 5.74) is 1.82. The molecule has 5 nitrogen and oxygen atoms in total. The van der Waals surface area contributed by atoms with E-state index in [0.717, 1.165) is 17.6 Å². The van der Waals surface area contributed by atoms with Crippen LogP contribution in [0.25, 0.3) is 0 Å². The van der Waals surface area contributed by atoms with Crippen molar-refractivity contribution in [3.63, 3.8) is 0 Å². The Balaban J connectivity index is 2.06. The fraction of sp³-hybridized carbons (Fsp3) is 0.357. The summed E-state index contributed by atoms with van der Waals surface area (Å²) in [6.45, 7) is 5.63. The summed E-state index contributed by atoms with van der Waals surface area (Å²) in [5, 5.41) is 2.90. The highest BCUT2D eigenvalue weighted by molar-refractivity contribution is 7.89. The Labute approximate surface area is 119 Å². The van der Waals surface area contributed by atoms with Gasteiger partial charge in [-0.05, 0) is 38.1 Å². The van der Waals surface area contributed by atoms with Crippen molar-refractivity contribution in [1.82, 2.24) is 10.0 Å². The van der Waals surface area contributed by atoms with Crippen molar-refractivity contribution in [2.24, 2.45) is 5.92 Å². The topological polar surface area (TPSA) is 75.3 Å². The van der Waals surface area contributed by atoms with E-state index in [9.17, 15) is 13.2 Å². The van der Waals surface area contributed by atoms with Crippen LogP contribution >= 0.6 is 0 Å². The highest BCUT2D eigenvalue weighted by Crippen LogP contribution is 2.36. The standard InChI is InChI=1S/C14H18N2O3S/c1-9-8-13(9)14(17)16-10(2)11-4-6-12(7-5-11)20(18,19)15-3/h4-7,10,13,15H,1,8H2,2-3H3,(H,16,17). The van der Waals surface area contributed by atoms with E-state index in [0.29, 0.717) is 0 Å². The predicted molar refractivity (Wildman–Crippen MR) is 76.5 cm³/mol. The quantitative estimate of drug-likeness (QED) is 0.805. The van der Waals surface area contributed by atoms with Gasteiger partial charge in [-0.2, -0.15) is 0 Å². The summed E-state index contributed by atoms with van der Waals surface area (Å²) >= 11 is 0. The molecule has 1 amide bonds. The minimum Gasteiger partial charge on any atom is -0.349 e. The minimum atomic E-state index is -3.42. The third kappa shape index (κ3) is 3.08. The Bertz CT molecular complexity index is 635. The SMILES string of the molecule is C=C1CC1C(=O)NC(C)c1ccc(S(=O)(=O)NC)cc1. The molecule has 0 saturated heterocycles. The maximum Gasteiger partial charge on any atom is 0.240 e. The largest absolute Gasteiger partial charge is 0.349 e. The molecule has 2 unspecified atom stereocenters. The monoisotopic (exact) mass is 294 g/mol. The predicted octanol–water partition coefficient (Wildman–Crippen LogP) is 1.35. The molecule has 0 radical (unpaired) electrons. The molecule has 0 aliphatic heterocycles. The van der Waals surface area contributed by atoms with E-state index < -0.39 is 10.0 Å². The Hall–Kier alpha value is -1.66. The molecule has 1 aromatic carbocycles. The van der Waals surface area contributed by atoms with Crippen LogP contribution in [0.3, 0.4) is 0 Å². The first-order valence-electron chi connectivity index (χ1n) is 6.36. The van der Waals surface area contributed by atoms with Crippen LogP contribution in [-0.4, -0.2) is 21.4 Å². The number of carbonyl (C=O) groups is 1. The number of rotatable bonds is 5. The van der Waals surface area contributed by atoms with Gasteiger partial charge in [0.2, 0.25) is 15.9 Å². The van der Waals surface area contributed by atoms with Gasteiger partial charge in [-0.15, -0.1) is 0 Å². The molecule has 1 saturated carbocycles. The molecule has 108 valence electrons. The van der Waals surface area contributed by atoms with Crippen molar-refractivity contribution in [2.45, 2.75) is 24.3 Å². The third-order valence-corrected chi connectivity index (χ3v) is 4.86. The second kappa shape index (κ2) is 5.38. The van der Waals surface area contributed by atoms with Gasteiger partial charge in [-0.25, -0.2) is 13.1 Å². The van der Waals surface area contributed by atoms with Crippen LogP contribution in [0.4, 0.5) is 0 Å². The maximum absolute atomic E-state index is 11.8. The zero-order valence-corrected chi connectivity index (χ0v) is 12.3. The summed E-state index contributed by atoms with van der Waals surface area (Å²) in [4.78, 5) is 12.0. The number of hydrogen-bond acceptors (Lipinski definition) is 3. The summed E-state index contributed by atoms with van der Waals surface area (Å²) in [7, 11) is -2.05. The van der Waals surface area contributed by atoms with Gasteiger partial charge in [-0.1, -0.05) is 24.3 Å². The molecule has 0 spiro atoms. The van der Waals surface area contributed by atoms with Gasteiger partial charge in [0.1, 0.15) is 0 Å². The molecule has 2 rings (SSSR count). The summed E-state index contributed by atoms with van der Waals surface area (Å²) in [5.74, 6) is -0.0733. The van der Waals surface area contributed by atoms with Gasteiger partial charge < -0.3 is 5.32 Å². The first kappa shape index (κ1) is 14.7. The molecule has 1 aliphatic rings. The average Bonchev–Trinajstić information content (AvgIpc) is 3.16. The van der Waals surface area contributed by atoms with Crippen molar-refractivity contribution in [3.05, 3.63) is 42.0 Å². The van der Waals surface area contributed by atoms with E-state index >= 15 is 0 Å². The van der Waals surface area contributed by atoms with Crippen molar-refractivity contribution in [2.75, 3.05) is 7.05 Å². The summed E-state index contributed by atoms with van der Waals surface area (Å²) in [6, 6.07) is 6.30. The van der Waals surface area contributed by atoms with E-state index in [1.807, 2.05) is 6.92 Å². The smallest absolute Gasteiger partial charge is 0.240 e. The van der Waals surface area contributed by atoms with Crippen LogP contribution in [0.5, 0.6) is 0 Å². The van der Waals surface area contributed by atoms with E-state index in [4.69, 9.17) is 0 Å². The first-order chi connectivity index (χ1) is 9.35. The van der Waals surface area contributed by atoms with Gasteiger partial charge in [-0.3, -0.25) is 4.79 Å². The molecule has 0 heterocycles. The molecule has 1 aromatic rings. The van der Waals surface area contributed by atoms with Crippen LogP contribution in [0.1, 0.15) is 24.9 Å². The van der Waals surface area contributed by atoms with Gasteiger partial charge in [0.05, 0.1) is 16.9 Å². The Morgan fingerprint density at radius 1 is 1.35 bits per heavy atom. The van der Waals surface area contributed by atoms with Gasteiger partial charge >= 0.3 is 0 Å². The van der Waals surface area contributed by atoms with E-state index in [2.05, 4.69) is 16.6 Å². The van der Waals surface area contributed by atoms with Crippen molar-refractivity contribution >= 4 is 15.9 Å². The summed E-state index contributed by atoms with van der Waals surface area (Å²) in [6.07, 6.45) is 0.762. The maximum atomic E-state index is 11.8. The van der Waals surface area contributed by atoms with Gasteiger partial charge in [0.25, 0.3) is 0 Å². The third-order valence-electron chi connectivity index (χ3n) is 3.43. The molecular formula is C14H18N2O3S. The number of hydrogen-bond donors (Lipinski definition) is 2. The minimum absolute atomic E-state index is 0.0191. The second-order valence-electron chi connectivity index (χ2n) is 4.92. The van der Waals surface area contributed by atoms with Gasteiger partial charge in [0, 0.05) is 0 Å². The first-order valence-corrected chi connectivity index (χ1v) is 7.85. The summed E-state index contributed by atoms with van der Waals surface area (Å²) < 4.78 is 25.5. The molecule has 20 heavy (non-hydrogen) atoms. The molecule has 6 heteroatoms. The molecule has 1 aliphatic carbocycles. The molecule has 0 aromatic heterocycles. The fourth-order valence-corrected chi connectivity index (χ4v) is 2.66. The second-order valence-corrected chi connectivity index (χ2v) is 6.81. The van der Waals surface area contributed by atoms with E-state index in [-0.39, 0.29) is 22.8 Å². The molecule has 1 fully saturated rings. The normalized spacial score (nSPS) is 19.5. The van der Waals surface area contributed by atoms with Crippen LogP contribution in [-0.2, 0) is 14.8 Å². The zero-order valence-electron chi connectivity index (χ0n) is 11.5. The van der Waals surface area contributed by atoms with E-state index in [1.54, 1.807) is 12.1 Å². The molecular weight excluding hydrogens is 276 g/mol. The van der Waals surface area contributed by atoms with Crippen LogP contribution < -0.4 is 10.0 Å². The van der Waals surface area contributed by atoms with Gasteiger partial charge in [0.15, 0.2) is 0 Å². The van der Waals surface area contributed by atoms with Crippen molar-refractivity contribution in [3.8, 4) is 0 Å². The highest BCUT2D eigenvalue weighted by atomic mass is 32.2. The number of carbonyl (C=O) groups excluding carboxylic acids is 1. The lowest BCUT2D eigenvalue weighted by Gasteiger charge is -2.14. The lowest BCUT2D eigenvalue weighted by Crippen LogP contribution is -2.28. The van der Waals surface area contributed by atoms with Crippen molar-refractivity contribution in [1.29, 1.82) is 0 Å². The van der Waals surface area contributed by atoms with E-state index in [1.165, 1.54) is 19.2 Å². The van der Waals surface area contributed by atoms with Crippen LogP contribution in [0.2, 0.25) is 0 Å².